The van der Waals surface area contributed by atoms with E-state index in [9.17, 15) is 23.2 Å². The Labute approximate surface area is 112 Å². The van der Waals surface area contributed by atoms with Gasteiger partial charge in [-0.1, -0.05) is 0 Å². The molecule has 8 heteroatoms. The molecular formula is C12H12F2N2O4. The van der Waals surface area contributed by atoms with Crippen LogP contribution in [-0.4, -0.2) is 36.5 Å². The van der Waals surface area contributed by atoms with E-state index in [-0.39, 0.29) is 18.9 Å². The van der Waals surface area contributed by atoms with Crippen molar-refractivity contribution in [3.63, 3.8) is 0 Å². The van der Waals surface area contributed by atoms with Gasteiger partial charge in [0, 0.05) is 20.0 Å². The molecule has 0 unspecified atom stereocenters. The molecule has 0 aromatic heterocycles. The van der Waals surface area contributed by atoms with Crippen LogP contribution in [0.15, 0.2) is 12.1 Å². The molecule has 0 aliphatic carbocycles. The van der Waals surface area contributed by atoms with E-state index in [0.717, 1.165) is 0 Å². The number of aromatic carboxylic acids is 1. The van der Waals surface area contributed by atoms with Gasteiger partial charge in [-0.2, -0.15) is 0 Å². The van der Waals surface area contributed by atoms with Crippen molar-refractivity contribution in [1.29, 1.82) is 0 Å². The highest BCUT2D eigenvalue weighted by Crippen LogP contribution is 2.15. The number of carbonyl (C=O) groups excluding carboxylic acids is 2. The number of amides is 2. The molecule has 3 N–H and O–H groups in total. The molecule has 20 heavy (non-hydrogen) atoms. The van der Waals surface area contributed by atoms with Gasteiger partial charge in [0.1, 0.15) is 0 Å². The molecular weight excluding hydrogens is 274 g/mol. The standard InChI is InChI=1S/C12H12F2N2O4/c1-15-10(17)2-3-16-11(18)6-4-8(13)9(14)5-7(6)12(19)20/h4-5H,2-3H2,1H3,(H,15,17)(H,16,18)(H,19,20). The minimum absolute atomic E-state index is 0.0195. The summed E-state index contributed by atoms with van der Waals surface area (Å²) in [6.45, 7) is -0.0590. The summed E-state index contributed by atoms with van der Waals surface area (Å²) in [6, 6.07) is 0.944. The fourth-order valence-electron chi connectivity index (χ4n) is 1.42. The van der Waals surface area contributed by atoms with Crippen LogP contribution in [0.25, 0.3) is 0 Å². The summed E-state index contributed by atoms with van der Waals surface area (Å²) in [5, 5.41) is 13.4. The second-order valence-electron chi connectivity index (χ2n) is 3.80. The lowest BCUT2D eigenvalue weighted by atomic mass is 10.1. The molecule has 1 rings (SSSR count). The van der Waals surface area contributed by atoms with Gasteiger partial charge in [-0.25, -0.2) is 13.6 Å². The third-order valence-corrected chi connectivity index (χ3v) is 2.45. The summed E-state index contributed by atoms with van der Waals surface area (Å²) in [5.41, 5.74) is -1.16. The fourth-order valence-corrected chi connectivity index (χ4v) is 1.42. The lowest BCUT2D eigenvalue weighted by Crippen LogP contribution is -2.30. The zero-order valence-electron chi connectivity index (χ0n) is 10.5. The molecule has 0 atom stereocenters. The Kier molecular flexibility index (Phi) is 5.13. The van der Waals surface area contributed by atoms with Crippen molar-refractivity contribution in [2.45, 2.75) is 6.42 Å². The number of hydrogen-bond donors (Lipinski definition) is 3. The van der Waals surface area contributed by atoms with E-state index in [1.165, 1.54) is 7.05 Å². The van der Waals surface area contributed by atoms with Crippen LogP contribution in [0.1, 0.15) is 27.1 Å². The topological polar surface area (TPSA) is 95.5 Å². The van der Waals surface area contributed by atoms with Crippen molar-refractivity contribution in [2.24, 2.45) is 0 Å². The molecule has 6 nitrogen and oxygen atoms in total. The summed E-state index contributed by atoms with van der Waals surface area (Å²) in [6.07, 6.45) is -0.0195. The van der Waals surface area contributed by atoms with Gasteiger partial charge < -0.3 is 15.7 Å². The molecule has 108 valence electrons. The summed E-state index contributed by atoms with van der Waals surface area (Å²) >= 11 is 0. The second-order valence-corrected chi connectivity index (χ2v) is 3.80. The summed E-state index contributed by atoms with van der Waals surface area (Å²) in [4.78, 5) is 33.5. The Morgan fingerprint density at radius 1 is 1.15 bits per heavy atom. The van der Waals surface area contributed by atoms with Crippen LogP contribution in [-0.2, 0) is 4.79 Å². The van der Waals surface area contributed by atoms with E-state index < -0.39 is 34.6 Å². The van der Waals surface area contributed by atoms with E-state index >= 15 is 0 Å². The Bertz CT molecular complexity index is 561. The Balaban J connectivity index is 2.89. The van der Waals surface area contributed by atoms with Crippen molar-refractivity contribution in [1.82, 2.24) is 10.6 Å². The quantitative estimate of drug-likeness (QED) is 0.735. The third-order valence-electron chi connectivity index (χ3n) is 2.45. The van der Waals surface area contributed by atoms with E-state index in [0.29, 0.717) is 12.1 Å². The van der Waals surface area contributed by atoms with Crippen molar-refractivity contribution in [3.8, 4) is 0 Å². The second kappa shape index (κ2) is 6.60. The summed E-state index contributed by atoms with van der Waals surface area (Å²) < 4.78 is 26.0. The van der Waals surface area contributed by atoms with Crippen molar-refractivity contribution < 1.29 is 28.3 Å². The molecule has 0 heterocycles. The first-order valence-electron chi connectivity index (χ1n) is 5.58. The number of carboxylic acid groups (broad SMARTS) is 1. The van der Waals surface area contributed by atoms with Gasteiger partial charge >= 0.3 is 5.97 Å². The number of nitrogens with one attached hydrogen (secondary N) is 2. The van der Waals surface area contributed by atoms with Gasteiger partial charge in [-0.3, -0.25) is 9.59 Å². The molecule has 0 aliphatic heterocycles. The predicted octanol–water partition coefficient (Wildman–Crippen LogP) is 0.529. The summed E-state index contributed by atoms with van der Waals surface area (Å²) in [5.74, 6) is -5.46. The molecule has 0 bridgehead atoms. The van der Waals surface area contributed by atoms with E-state index in [4.69, 9.17) is 5.11 Å². The number of rotatable bonds is 5. The van der Waals surface area contributed by atoms with Gasteiger partial charge in [0.2, 0.25) is 5.91 Å². The van der Waals surface area contributed by atoms with Crippen LogP contribution in [0.4, 0.5) is 8.78 Å². The number of benzene rings is 1. The normalized spacial score (nSPS) is 9.95. The highest BCUT2D eigenvalue weighted by Gasteiger charge is 2.20. The minimum atomic E-state index is -1.56. The Morgan fingerprint density at radius 3 is 2.20 bits per heavy atom. The number of carbonyl (C=O) groups is 3. The van der Waals surface area contributed by atoms with Crippen LogP contribution in [0, 0.1) is 11.6 Å². The monoisotopic (exact) mass is 286 g/mol. The first-order valence-corrected chi connectivity index (χ1v) is 5.58. The van der Waals surface area contributed by atoms with Gasteiger partial charge in [-0.05, 0) is 12.1 Å². The number of carboxylic acids is 1. The number of hydrogen-bond acceptors (Lipinski definition) is 3. The molecule has 0 radical (unpaired) electrons. The maximum atomic E-state index is 13.1. The fraction of sp³-hybridized carbons (Fsp3) is 0.250. The van der Waals surface area contributed by atoms with Crippen molar-refractivity contribution in [3.05, 3.63) is 34.9 Å². The lowest BCUT2D eigenvalue weighted by molar-refractivity contribution is -0.120. The van der Waals surface area contributed by atoms with Crippen LogP contribution in [0.3, 0.4) is 0 Å². The van der Waals surface area contributed by atoms with Crippen molar-refractivity contribution in [2.75, 3.05) is 13.6 Å². The molecule has 0 saturated carbocycles. The molecule has 1 aromatic rings. The number of halogens is 2. The van der Waals surface area contributed by atoms with Gasteiger partial charge in [0.05, 0.1) is 11.1 Å². The SMILES string of the molecule is CNC(=O)CCNC(=O)c1cc(F)c(F)cc1C(=O)O. The molecule has 0 saturated heterocycles. The van der Waals surface area contributed by atoms with Crippen LogP contribution in [0.2, 0.25) is 0 Å². The van der Waals surface area contributed by atoms with Crippen LogP contribution < -0.4 is 10.6 Å². The van der Waals surface area contributed by atoms with E-state index in [2.05, 4.69) is 10.6 Å². The van der Waals surface area contributed by atoms with Crippen molar-refractivity contribution >= 4 is 17.8 Å². The molecule has 0 fully saturated rings. The molecule has 0 spiro atoms. The lowest BCUT2D eigenvalue weighted by Gasteiger charge is -2.08. The average molecular weight is 286 g/mol. The van der Waals surface area contributed by atoms with Gasteiger partial charge in [-0.15, -0.1) is 0 Å². The maximum Gasteiger partial charge on any atom is 0.336 e. The highest BCUT2D eigenvalue weighted by atomic mass is 19.2. The molecule has 1 aromatic carbocycles. The molecule has 2 amide bonds. The smallest absolute Gasteiger partial charge is 0.336 e. The Hall–Kier alpha value is -2.51. The summed E-state index contributed by atoms with van der Waals surface area (Å²) in [7, 11) is 1.42. The zero-order valence-corrected chi connectivity index (χ0v) is 10.5. The third kappa shape index (κ3) is 3.74. The van der Waals surface area contributed by atoms with Crippen LogP contribution >= 0.6 is 0 Å². The predicted molar refractivity (Wildman–Crippen MR) is 64.3 cm³/mol. The molecule has 0 aliphatic rings. The highest BCUT2D eigenvalue weighted by molar-refractivity contribution is 6.04. The maximum absolute atomic E-state index is 13.1. The van der Waals surface area contributed by atoms with Crippen LogP contribution in [0.5, 0.6) is 0 Å². The van der Waals surface area contributed by atoms with E-state index in [1.807, 2.05) is 0 Å². The Morgan fingerprint density at radius 2 is 1.70 bits per heavy atom. The van der Waals surface area contributed by atoms with Gasteiger partial charge in [0.25, 0.3) is 5.91 Å². The first-order chi connectivity index (χ1) is 9.36. The first kappa shape index (κ1) is 15.5. The van der Waals surface area contributed by atoms with E-state index in [1.54, 1.807) is 0 Å². The largest absolute Gasteiger partial charge is 0.478 e. The minimum Gasteiger partial charge on any atom is -0.478 e. The van der Waals surface area contributed by atoms with Gasteiger partial charge in [0.15, 0.2) is 11.6 Å². The average Bonchev–Trinajstić information content (AvgIpc) is 2.40. The zero-order chi connectivity index (χ0) is 15.3.